The molecule has 0 aliphatic rings. The first-order valence-electron chi connectivity index (χ1n) is 3.67. The van der Waals surface area contributed by atoms with Crippen LogP contribution in [0.4, 0.5) is 0 Å². The van der Waals surface area contributed by atoms with Gasteiger partial charge in [-0.05, 0) is 14.0 Å². The van der Waals surface area contributed by atoms with Crippen molar-refractivity contribution in [3.05, 3.63) is 0 Å². The third kappa shape index (κ3) is 5.12. The van der Waals surface area contributed by atoms with Crippen LogP contribution in [0.5, 0.6) is 0 Å². The van der Waals surface area contributed by atoms with Gasteiger partial charge in [0.2, 0.25) is 0 Å². The molecule has 3 N–H and O–H groups in total. The molecule has 0 saturated heterocycles. The highest BCUT2D eigenvalue weighted by molar-refractivity contribution is 7.80. The van der Waals surface area contributed by atoms with Gasteiger partial charge in [0, 0.05) is 19.0 Å². The van der Waals surface area contributed by atoms with Crippen LogP contribution in [0.3, 0.4) is 0 Å². The lowest BCUT2D eigenvalue weighted by atomic mass is 10.3. The number of aliphatic hydroxyl groups is 1. The molecule has 0 aliphatic carbocycles. The second-order valence-electron chi connectivity index (χ2n) is 2.73. The van der Waals surface area contributed by atoms with Crippen LogP contribution in [0.15, 0.2) is 0 Å². The van der Waals surface area contributed by atoms with Crippen molar-refractivity contribution in [3.8, 4) is 0 Å². The van der Waals surface area contributed by atoms with Gasteiger partial charge in [-0.25, -0.2) is 0 Å². The van der Waals surface area contributed by atoms with Crippen LogP contribution in [-0.2, 0) is 0 Å². The second kappa shape index (κ2) is 5.46. The van der Waals surface area contributed by atoms with E-state index < -0.39 is 0 Å². The van der Waals surface area contributed by atoms with Gasteiger partial charge in [0.1, 0.15) is 0 Å². The Morgan fingerprint density at radius 3 is 2.64 bits per heavy atom. The van der Waals surface area contributed by atoms with Gasteiger partial charge >= 0.3 is 0 Å². The van der Waals surface area contributed by atoms with Gasteiger partial charge in [0.15, 0.2) is 0 Å². The van der Waals surface area contributed by atoms with Crippen LogP contribution in [-0.4, -0.2) is 41.2 Å². The number of likely N-dealkylation sites (N-methyl/N-ethyl adjacent to an activating group) is 1. The average Bonchev–Trinajstić information content (AvgIpc) is 1.98. The monoisotopic (exact) mass is 176 g/mol. The van der Waals surface area contributed by atoms with Crippen LogP contribution in [0, 0.1) is 0 Å². The van der Waals surface area contributed by atoms with Crippen LogP contribution >= 0.6 is 12.2 Å². The highest BCUT2D eigenvalue weighted by Gasteiger charge is 2.06. The molecule has 0 amide bonds. The van der Waals surface area contributed by atoms with Crippen molar-refractivity contribution >= 4 is 17.2 Å². The number of nitrogens with two attached hydrogens (primary N) is 1. The molecule has 0 aromatic heterocycles. The summed E-state index contributed by atoms with van der Waals surface area (Å²) >= 11 is 4.73. The minimum atomic E-state index is 0.174. The molecule has 0 radical (unpaired) electrons. The topological polar surface area (TPSA) is 49.5 Å². The van der Waals surface area contributed by atoms with E-state index in [1.807, 2.05) is 18.9 Å². The van der Waals surface area contributed by atoms with Gasteiger partial charge in [-0.15, -0.1) is 0 Å². The van der Waals surface area contributed by atoms with E-state index in [9.17, 15) is 0 Å². The fourth-order valence-corrected chi connectivity index (χ4v) is 0.738. The molecular weight excluding hydrogens is 160 g/mol. The average molecular weight is 176 g/mol. The predicted octanol–water partition coefficient (Wildman–Crippen LogP) is -0.0248. The normalized spacial score (nSPS) is 13.5. The summed E-state index contributed by atoms with van der Waals surface area (Å²) in [5, 5.41) is 8.76. The van der Waals surface area contributed by atoms with E-state index >= 15 is 0 Å². The third-order valence-electron chi connectivity index (χ3n) is 1.73. The molecule has 0 aliphatic heterocycles. The molecule has 0 bridgehead atoms. The smallest absolute Gasteiger partial charge is 0.0740 e. The minimum Gasteiger partial charge on any atom is -0.395 e. The maximum absolute atomic E-state index is 8.76. The van der Waals surface area contributed by atoms with Gasteiger partial charge in [-0.1, -0.05) is 12.2 Å². The van der Waals surface area contributed by atoms with E-state index in [2.05, 4.69) is 0 Å². The number of aliphatic hydroxyl groups excluding tert-OH is 1. The van der Waals surface area contributed by atoms with Gasteiger partial charge in [0.05, 0.1) is 11.6 Å². The SMILES string of the molecule is CC(CO)N(C)CCC(N)=S. The Balaban J connectivity index is 3.51. The van der Waals surface area contributed by atoms with Crippen LogP contribution < -0.4 is 5.73 Å². The number of hydrogen-bond acceptors (Lipinski definition) is 3. The van der Waals surface area contributed by atoms with E-state index in [0.717, 1.165) is 13.0 Å². The lowest BCUT2D eigenvalue weighted by Gasteiger charge is -2.22. The first-order chi connectivity index (χ1) is 5.07. The summed E-state index contributed by atoms with van der Waals surface area (Å²) < 4.78 is 0. The van der Waals surface area contributed by atoms with Crippen molar-refractivity contribution in [1.82, 2.24) is 4.90 Å². The molecule has 0 rings (SSSR count). The summed E-state index contributed by atoms with van der Waals surface area (Å²) in [6.45, 7) is 2.95. The maximum Gasteiger partial charge on any atom is 0.0740 e. The molecule has 0 aromatic carbocycles. The standard InChI is InChI=1S/C7H16N2OS/c1-6(5-10)9(2)4-3-7(8)11/h6,10H,3-5H2,1-2H3,(H2,8,11). The number of rotatable bonds is 5. The Morgan fingerprint density at radius 2 is 2.27 bits per heavy atom. The van der Waals surface area contributed by atoms with Crippen molar-refractivity contribution in [2.75, 3.05) is 20.2 Å². The van der Waals surface area contributed by atoms with Gasteiger partial charge in [0.25, 0.3) is 0 Å². The van der Waals surface area contributed by atoms with E-state index in [1.165, 1.54) is 0 Å². The van der Waals surface area contributed by atoms with E-state index in [0.29, 0.717) is 4.99 Å². The predicted molar refractivity (Wildman–Crippen MR) is 50.6 cm³/mol. The van der Waals surface area contributed by atoms with Crippen LogP contribution in [0.25, 0.3) is 0 Å². The zero-order valence-corrected chi connectivity index (χ0v) is 7.90. The molecule has 0 fully saturated rings. The molecule has 66 valence electrons. The molecule has 0 spiro atoms. The first-order valence-corrected chi connectivity index (χ1v) is 4.08. The summed E-state index contributed by atoms with van der Waals surface area (Å²) in [6.07, 6.45) is 0.718. The van der Waals surface area contributed by atoms with Crippen molar-refractivity contribution in [1.29, 1.82) is 0 Å². The Labute approximate surface area is 73.2 Å². The molecule has 1 atom stereocenters. The van der Waals surface area contributed by atoms with E-state index in [4.69, 9.17) is 23.1 Å². The van der Waals surface area contributed by atoms with Crippen molar-refractivity contribution in [2.24, 2.45) is 5.73 Å². The zero-order valence-electron chi connectivity index (χ0n) is 7.08. The Bertz CT molecular complexity index is 130. The van der Waals surface area contributed by atoms with E-state index in [-0.39, 0.29) is 12.6 Å². The Hall–Kier alpha value is -0.190. The van der Waals surface area contributed by atoms with Crippen molar-refractivity contribution in [2.45, 2.75) is 19.4 Å². The first kappa shape index (κ1) is 10.8. The molecule has 0 saturated carbocycles. The Kier molecular flexibility index (Phi) is 5.36. The molecule has 4 heteroatoms. The quantitative estimate of drug-likeness (QED) is 0.578. The van der Waals surface area contributed by atoms with Crippen molar-refractivity contribution in [3.63, 3.8) is 0 Å². The van der Waals surface area contributed by atoms with Crippen LogP contribution in [0.1, 0.15) is 13.3 Å². The summed E-state index contributed by atoms with van der Waals surface area (Å²) in [5.74, 6) is 0. The number of hydrogen-bond donors (Lipinski definition) is 2. The third-order valence-corrected chi connectivity index (χ3v) is 1.93. The lowest BCUT2D eigenvalue weighted by Crippen LogP contribution is -2.34. The van der Waals surface area contributed by atoms with Gasteiger partial charge in [-0.2, -0.15) is 0 Å². The molecule has 1 unspecified atom stereocenters. The largest absolute Gasteiger partial charge is 0.395 e. The summed E-state index contributed by atoms with van der Waals surface area (Å²) in [7, 11) is 1.94. The summed E-state index contributed by atoms with van der Waals surface area (Å²) in [6, 6.07) is 0.185. The Morgan fingerprint density at radius 1 is 1.73 bits per heavy atom. The maximum atomic E-state index is 8.76. The minimum absolute atomic E-state index is 0.174. The molecule has 11 heavy (non-hydrogen) atoms. The fourth-order valence-electron chi connectivity index (χ4n) is 0.646. The molecule has 3 nitrogen and oxygen atoms in total. The zero-order chi connectivity index (χ0) is 8.85. The number of thiocarbonyl (C=S) groups is 1. The highest BCUT2D eigenvalue weighted by Crippen LogP contribution is 1.95. The lowest BCUT2D eigenvalue weighted by molar-refractivity contribution is 0.162. The van der Waals surface area contributed by atoms with Crippen molar-refractivity contribution < 1.29 is 5.11 Å². The number of nitrogens with zero attached hydrogens (tertiary/aromatic N) is 1. The molecule has 0 heterocycles. The van der Waals surface area contributed by atoms with E-state index in [1.54, 1.807) is 0 Å². The second-order valence-corrected chi connectivity index (χ2v) is 3.25. The fraction of sp³-hybridized carbons (Fsp3) is 0.857. The summed E-state index contributed by atoms with van der Waals surface area (Å²) in [5.41, 5.74) is 5.32. The van der Waals surface area contributed by atoms with Gasteiger partial charge < -0.3 is 15.7 Å². The highest BCUT2D eigenvalue weighted by atomic mass is 32.1. The molecule has 0 aromatic rings. The summed E-state index contributed by atoms with van der Waals surface area (Å²) in [4.78, 5) is 2.56. The van der Waals surface area contributed by atoms with Crippen LogP contribution in [0.2, 0.25) is 0 Å². The van der Waals surface area contributed by atoms with Gasteiger partial charge in [-0.3, -0.25) is 0 Å². The molecular formula is C7H16N2OS.